The van der Waals surface area contributed by atoms with Crippen LogP contribution >= 0.6 is 0 Å². The number of carboxylic acids is 1. The Morgan fingerprint density at radius 2 is 1.60 bits per heavy atom. The topological polar surface area (TPSA) is 105 Å². The van der Waals surface area contributed by atoms with E-state index >= 15 is 0 Å². The van der Waals surface area contributed by atoms with E-state index in [4.69, 9.17) is 9.84 Å². The molecule has 0 heterocycles. The molecule has 3 rings (SSSR count). The molecule has 2 aromatic rings. The van der Waals surface area contributed by atoms with E-state index in [1.807, 2.05) is 50.2 Å². The van der Waals surface area contributed by atoms with E-state index in [1.165, 1.54) is 0 Å². The van der Waals surface area contributed by atoms with Crippen molar-refractivity contribution in [1.29, 1.82) is 0 Å². The smallest absolute Gasteiger partial charge is 0.407 e. The lowest BCUT2D eigenvalue weighted by Crippen LogP contribution is -2.51. The van der Waals surface area contributed by atoms with Crippen LogP contribution in [0.1, 0.15) is 37.3 Å². The van der Waals surface area contributed by atoms with Crippen molar-refractivity contribution in [3.8, 4) is 11.1 Å². The number of ether oxygens (including phenoxy) is 1. The summed E-state index contributed by atoms with van der Waals surface area (Å²) in [6.07, 6.45) is -0.0675. The molecule has 0 bridgehead atoms. The molecule has 0 spiro atoms. The highest BCUT2D eigenvalue weighted by atomic mass is 16.5. The first-order valence-electron chi connectivity index (χ1n) is 10.0. The van der Waals surface area contributed by atoms with E-state index in [0.29, 0.717) is 6.42 Å². The zero-order chi connectivity index (χ0) is 21.7. The minimum atomic E-state index is -1.15. The molecule has 30 heavy (non-hydrogen) atoms. The van der Waals surface area contributed by atoms with Gasteiger partial charge >= 0.3 is 12.1 Å². The van der Waals surface area contributed by atoms with Gasteiger partial charge in [-0.3, -0.25) is 9.59 Å². The van der Waals surface area contributed by atoms with Crippen LogP contribution in [0.5, 0.6) is 0 Å². The summed E-state index contributed by atoms with van der Waals surface area (Å²) in [5.41, 5.74) is 4.47. The monoisotopic (exact) mass is 410 g/mol. The summed E-state index contributed by atoms with van der Waals surface area (Å²) >= 11 is 0. The van der Waals surface area contributed by atoms with Crippen LogP contribution in [0.3, 0.4) is 0 Å². The first kappa shape index (κ1) is 21.4. The minimum absolute atomic E-state index is 0.0777. The number of carboxylic acid groups (broad SMARTS) is 1. The first-order chi connectivity index (χ1) is 14.4. The van der Waals surface area contributed by atoms with Gasteiger partial charge in [0.05, 0.1) is 0 Å². The van der Waals surface area contributed by atoms with Gasteiger partial charge in [-0.1, -0.05) is 68.8 Å². The number of amides is 2. The fourth-order valence-electron chi connectivity index (χ4n) is 3.74. The molecule has 0 aromatic heterocycles. The van der Waals surface area contributed by atoms with Crippen molar-refractivity contribution in [3.63, 3.8) is 0 Å². The van der Waals surface area contributed by atoms with Crippen LogP contribution in [0.2, 0.25) is 0 Å². The number of hydrogen-bond acceptors (Lipinski definition) is 4. The van der Waals surface area contributed by atoms with Crippen LogP contribution < -0.4 is 10.6 Å². The Kier molecular flexibility index (Phi) is 6.72. The highest BCUT2D eigenvalue weighted by Crippen LogP contribution is 2.44. The van der Waals surface area contributed by atoms with Crippen LogP contribution in [0.15, 0.2) is 48.5 Å². The van der Waals surface area contributed by atoms with Crippen LogP contribution in [0.4, 0.5) is 4.79 Å². The third-order valence-corrected chi connectivity index (χ3v) is 5.53. The summed E-state index contributed by atoms with van der Waals surface area (Å²) in [5, 5.41) is 13.7. The Morgan fingerprint density at radius 3 is 2.13 bits per heavy atom. The van der Waals surface area contributed by atoms with E-state index < -0.39 is 30.6 Å². The lowest BCUT2D eigenvalue weighted by atomic mass is 9.98. The highest BCUT2D eigenvalue weighted by Gasteiger charge is 2.30. The molecule has 0 fully saturated rings. The summed E-state index contributed by atoms with van der Waals surface area (Å²) in [5.74, 6) is -1.95. The normalized spacial score (nSPS) is 14.2. The molecular formula is C23H26N2O5. The Bertz CT molecular complexity index is 897. The molecular weight excluding hydrogens is 384 g/mol. The Labute approximate surface area is 175 Å². The number of alkyl carbamates (subject to hydrolysis) is 1. The summed E-state index contributed by atoms with van der Waals surface area (Å²) in [6, 6.07) is 15.2. The lowest BCUT2D eigenvalue weighted by molar-refractivity contribution is -0.138. The van der Waals surface area contributed by atoms with Gasteiger partial charge < -0.3 is 20.5 Å². The van der Waals surface area contributed by atoms with E-state index in [2.05, 4.69) is 22.8 Å². The maximum absolute atomic E-state index is 12.5. The predicted octanol–water partition coefficient (Wildman–Crippen LogP) is 3.14. The molecule has 0 unspecified atom stereocenters. The maximum atomic E-state index is 12.5. The van der Waals surface area contributed by atoms with Crippen LogP contribution in [-0.4, -0.2) is 42.3 Å². The Morgan fingerprint density at radius 1 is 1.03 bits per heavy atom. The molecule has 2 atom stereocenters. The summed E-state index contributed by atoms with van der Waals surface area (Å²) in [7, 11) is 0. The predicted molar refractivity (Wildman–Crippen MR) is 112 cm³/mol. The summed E-state index contributed by atoms with van der Waals surface area (Å²) in [6.45, 7) is 3.35. The van der Waals surface area contributed by atoms with Crippen molar-refractivity contribution in [3.05, 3.63) is 59.7 Å². The van der Waals surface area contributed by atoms with Crippen molar-refractivity contribution >= 4 is 18.0 Å². The van der Waals surface area contributed by atoms with Crippen LogP contribution in [0, 0.1) is 5.92 Å². The molecule has 0 saturated heterocycles. The molecule has 3 N–H and O–H groups in total. The number of benzene rings is 2. The molecule has 158 valence electrons. The second-order valence-corrected chi connectivity index (χ2v) is 7.44. The maximum Gasteiger partial charge on any atom is 0.407 e. The van der Waals surface area contributed by atoms with Crippen molar-refractivity contribution < 1.29 is 24.2 Å². The number of nitrogens with one attached hydrogen (secondary N) is 2. The van der Waals surface area contributed by atoms with Gasteiger partial charge in [0.25, 0.3) is 0 Å². The third-order valence-electron chi connectivity index (χ3n) is 5.53. The van der Waals surface area contributed by atoms with Crippen LogP contribution in [-0.2, 0) is 14.3 Å². The van der Waals surface area contributed by atoms with E-state index in [-0.39, 0.29) is 18.4 Å². The number of carbonyl (C=O) groups excluding carboxylic acids is 2. The molecule has 2 aromatic carbocycles. The quantitative estimate of drug-likeness (QED) is 0.620. The van der Waals surface area contributed by atoms with E-state index in [9.17, 15) is 14.4 Å². The van der Waals surface area contributed by atoms with Crippen molar-refractivity contribution in [1.82, 2.24) is 10.6 Å². The lowest BCUT2D eigenvalue weighted by Gasteiger charge is -2.23. The molecule has 0 aliphatic heterocycles. The van der Waals surface area contributed by atoms with Gasteiger partial charge in [0.15, 0.2) is 0 Å². The van der Waals surface area contributed by atoms with Gasteiger partial charge in [0, 0.05) is 5.92 Å². The number of aliphatic carboxylic acids is 1. The molecule has 1 aliphatic rings. The zero-order valence-electron chi connectivity index (χ0n) is 17.1. The Balaban J connectivity index is 1.67. The molecule has 0 radical (unpaired) electrons. The van der Waals surface area contributed by atoms with E-state index in [1.54, 1.807) is 0 Å². The van der Waals surface area contributed by atoms with Gasteiger partial charge in [-0.25, -0.2) is 4.79 Å². The van der Waals surface area contributed by atoms with Crippen molar-refractivity contribution in [2.45, 2.75) is 32.2 Å². The molecule has 7 heteroatoms. The SMILES string of the molecule is CC[C@H](C)[C@H](NC(=O)OCC1c2ccccc2-c2ccccc21)C(=O)NCC(=O)O. The summed E-state index contributed by atoms with van der Waals surface area (Å²) in [4.78, 5) is 35.5. The number of fused-ring (bicyclic) bond motifs is 3. The van der Waals surface area contributed by atoms with Gasteiger partial charge in [-0.15, -0.1) is 0 Å². The van der Waals surface area contributed by atoms with Crippen molar-refractivity contribution in [2.75, 3.05) is 13.2 Å². The fraction of sp³-hybridized carbons (Fsp3) is 0.348. The molecule has 0 saturated carbocycles. The van der Waals surface area contributed by atoms with Crippen LogP contribution in [0.25, 0.3) is 11.1 Å². The second kappa shape index (κ2) is 9.43. The van der Waals surface area contributed by atoms with Gasteiger partial charge in [-0.05, 0) is 28.2 Å². The molecule has 2 amide bonds. The number of hydrogen-bond donors (Lipinski definition) is 3. The average molecular weight is 410 g/mol. The fourth-order valence-corrected chi connectivity index (χ4v) is 3.74. The highest BCUT2D eigenvalue weighted by molar-refractivity contribution is 5.88. The van der Waals surface area contributed by atoms with E-state index in [0.717, 1.165) is 22.3 Å². The standard InChI is InChI=1S/C23H26N2O5/c1-3-14(2)21(22(28)24-12-20(26)27)25-23(29)30-13-19-17-10-6-4-8-15(17)16-9-5-7-11-18(16)19/h4-11,14,19,21H,3,12-13H2,1-2H3,(H,24,28)(H,25,29)(H,26,27)/t14-,21-/m0/s1. The Hall–Kier alpha value is -3.35. The van der Waals surface area contributed by atoms with Crippen molar-refractivity contribution in [2.24, 2.45) is 5.92 Å². The van der Waals surface area contributed by atoms with Gasteiger partial charge in [0.1, 0.15) is 19.2 Å². The minimum Gasteiger partial charge on any atom is -0.480 e. The number of carbonyl (C=O) groups is 3. The zero-order valence-corrected chi connectivity index (χ0v) is 17.1. The summed E-state index contributed by atoms with van der Waals surface area (Å²) < 4.78 is 5.49. The molecule has 1 aliphatic carbocycles. The molecule has 7 nitrogen and oxygen atoms in total. The van der Waals surface area contributed by atoms with Gasteiger partial charge in [0.2, 0.25) is 5.91 Å². The number of rotatable bonds is 8. The van der Waals surface area contributed by atoms with Gasteiger partial charge in [-0.2, -0.15) is 0 Å². The second-order valence-electron chi connectivity index (χ2n) is 7.44. The third kappa shape index (κ3) is 4.62. The first-order valence-corrected chi connectivity index (χ1v) is 10.0. The largest absolute Gasteiger partial charge is 0.480 e. The average Bonchev–Trinajstić information content (AvgIpc) is 3.07.